The minimum absolute atomic E-state index is 0.455. The molecule has 0 spiro atoms. The number of hydrogen-bond acceptors (Lipinski definition) is 2. The average molecular weight is 228 g/mol. The van der Waals surface area contributed by atoms with E-state index in [9.17, 15) is 10.2 Å². The Kier molecular flexibility index (Phi) is 3.91. The van der Waals surface area contributed by atoms with Crippen molar-refractivity contribution in [1.82, 2.24) is 0 Å². The maximum atomic E-state index is 10.0. The largest absolute Gasteiger partial charge is 0.390 e. The lowest BCUT2D eigenvalue weighted by Gasteiger charge is -2.18. The zero-order valence-corrected chi connectivity index (χ0v) is 9.53. The number of hydrogen-bond donors (Lipinski definition) is 2. The Morgan fingerprint density at radius 1 is 0.765 bits per heavy atom. The lowest BCUT2D eigenvalue weighted by Crippen LogP contribution is -2.20. The van der Waals surface area contributed by atoms with Crippen LogP contribution in [0.4, 0.5) is 0 Å². The van der Waals surface area contributed by atoms with E-state index in [4.69, 9.17) is 0 Å². The summed E-state index contributed by atoms with van der Waals surface area (Å²) >= 11 is 0. The summed E-state index contributed by atoms with van der Waals surface area (Å²) in [4.78, 5) is 0. The molecule has 2 aromatic rings. The van der Waals surface area contributed by atoms with Crippen molar-refractivity contribution in [3.8, 4) is 0 Å². The van der Waals surface area contributed by atoms with Crippen molar-refractivity contribution in [2.75, 3.05) is 0 Å². The summed E-state index contributed by atoms with van der Waals surface area (Å²) in [6.45, 7) is 0. The molecule has 0 aliphatic rings. The molecule has 0 radical (unpaired) electrons. The lowest BCUT2D eigenvalue weighted by molar-refractivity contribution is 0.0190. The van der Waals surface area contributed by atoms with Crippen LogP contribution in [0.1, 0.15) is 17.2 Å². The predicted molar refractivity (Wildman–Crippen MR) is 67.6 cm³/mol. The van der Waals surface area contributed by atoms with Crippen molar-refractivity contribution in [3.63, 3.8) is 0 Å². The van der Waals surface area contributed by atoms with Gasteiger partial charge in [0.25, 0.3) is 0 Å². The van der Waals surface area contributed by atoms with Gasteiger partial charge in [0.15, 0.2) is 0 Å². The van der Waals surface area contributed by atoms with E-state index in [1.54, 1.807) is 0 Å². The lowest BCUT2D eigenvalue weighted by atomic mass is 9.99. The maximum absolute atomic E-state index is 10.0. The van der Waals surface area contributed by atoms with E-state index in [1.165, 1.54) is 0 Å². The predicted octanol–water partition coefficient (Wildman–Crippen LogP) is 2.32. The summed E-state index contributed by atoms with van der Waals surface area (Å²) in [5.74, 6) is 0. The monoisotopic (exact) mass is 228 g/mol. The van der Waals surface area contributed by atoms with Crippen LogP contribution in [0.25, 0.3) is 0 Å². The fraction of sp³-hybridized carbons (Fsp3) is 0.200. The van der Waals surface area contributed by atoms with Crippen LogP contribution >= 0.6 is 0 Å². The van der Waals surface area contributed by atoms with Crippen LogP contribution < -0.4 is 0 Å². The molecule has 0 saturated carbocycles. The van der Waals surface area contributed by atoms with Gasteiger partial charge < -0.3 is 10.2 Å². The molecule has 88 valence electrons. The summed E-state index contributed by atoms with van der Waals surface area (Å²) < 4.78 is 0. The molecular weight excluding hydrogens is 212 g/mol. The van der Waals surface area contributed by atoms with Gasteiger partial charge in [-0.15, -0.1) is 0 Å². The van der Waals surface area contributed by atoms with Gasteiger partial charge in [0, 0.05) is 6.42 Å². The number of aliphatic hydroxyl groups is 2. The van der Waals surface area contributed by atoms with Crippen LogP contribution in [-0.4, -0.2) is 16.3 Å². The number of aliphatic hydroxyl groups excluding tert-OH is 2. The first kappa shape index (κ1) is 11.8. The Balaban J connectivity index is 2.03. The van der Waals surface area contributed by atoms with E-state index in [0.29, 0.717) is 6.42 Å². The molecule has 0 unspecified atom stereocenters. The van der Waals surface area contributed by atoms with E-state index >= 15 is 0 Å². The van der Waals surface area contributed by atoms with Gasteiger partial charge in [-0.05, 0) is 11.1 Å². The second-order valence-electron chi connectivity index (χ2n) is 4.11. The first-order valence-corrected chi connectivity index (χ1v) is 5.72. The molecule has 0 aliphatic carbocycles. The van der Waals surface area contributed by atoms with Gasteiger partial charge in [-0.2, -0.15) is 0 Å². The van der Waals surface area contributed by atoms with E-state index in [0.717, 1.165) is 11.1 Å². The van der Waals surface area contributed by atoms with Gasteiger partial charge in [0.1, 0.15) is 6.10 Å². The van der Waals surface area contributed by atoms with Crippen molar-refractivity contribution in [1.29, 1.82) is 0 Å². The number of benzene rings is 2. The van der Waals surface area contributed by atoms with Gasteiger partial charge >= 0.3 is 0 Å². The highest BCUT2D eigenvalue weighted by molar-refractivity contribution is 5.20. The van der Waals surface area contributed by atoms with Gasteiger partial charge in [0.2, 0.25) is 0 Å². The van der Waals surface area contributed by atoms with Gasteiger partial charge in [-0.1, -0.05) is 60.7 Å². The summed E-state index contributed by atoms with van der Waals surface area (Å²) in [7, 11) is 0. The number of rotatable bonds is 4. The van der Waals surface area contributed by atoms with Crippen LogP contribution in [0.2, 0.25) is 0 Å². The van der Waals surface area contributed by atoms with Crippen molar-refractivity contribution >= 4 is 0 Å². The highest BCUT2D eigenvalue weighted by Crippen LogP contribution is 2.19. The van der Waals surface area contributed by atoms with E-state index < -0.39 is 12.2 Å². The molecule has 0 aliphatic heterocycles. The maximum Gasteiger partial charge on any atom is 0.105 e. The van der Waals surface area contributed by atoms with E-state index in [-0.39, 0.29) is 0 Å². The Bertz CT molecular complexity index is 439. The summed E-state index contributed by atoms with van der Waals surface area (Å²) in [5, 5.41) is 20.0. The Hall–Kier alpha value is -1.64. The van der Waals surface area contributed by atoms with Gasteiger partial charge in [-0.3, -0.25) is 0 Å². The fourth-order valence-electron chi connectivity index (χ4n) is 1.84. The Morgan fingerprint density at radius 3 is 1.88 bits per heavy atom. The highest BCUT2D eigenvalue weighted by atomic mass is 16.3. The molecule has 2 rings (SSSR count). The molecule has 0 saturated heterocycles. The van der Waals surface area contributed by atoms with Crippen LogP contribution in [0.5, 0.6) is 0 Å². The molecular formula is C15H16O2. The average Bonchev–Trinajstić information content (AvgIpc) is 2.40. The van der Waals surface area contributed by atoms with Crippen LogP contribution in [0, 0.1) is 0 Å². The first-order chi connectivity index (χ1) is 8.27. The molecule has 2 atom stereocenters. The van der Waals surface area contributed by atoms with Crippen LogP contribution in [-0.2, 0) is 6.42 Å². The Labute approximate surface area is 101 Å². The van der Waals surface area contributed by atoms with Crippen LogP contribution in [0.15, 0.2) is 60.7 Å². The molecule has 2 N–H and O–H groups in total. The molecule has 17 heavy (non-hydrogen) atoms. The molecule has 0 heterocycles. The smallest absolute Gasteiger partial charge is 0.105 e. The normalized spacial score (nSPS) is 14.2. The molecule has 2 aromatic carbocycles. The quantitative estimate of drug-likeness (QED) is 0.843. The molecule has 2 nitrogen and oxygen atoms in total. The van der Waals surface area contributed by atoms with E-state index in [2.05, 4.69) is 0 Å². The minimum Gasteiger partial charge on any atom is -0.390 e. The third-order valence-electron chi connectivity index (χ3n) is 2.79. The van der Waals surface area contributed by atoms with Crippen molar-refractivity contribution in [3.05, 3.63) is 71.8 Å². The molecule has 0 fully saturated rings. The molecule has 2 heteroatoms. The molecule has 0 bridgehead atoms. The highest BCUT2D eigenvalue weighted by Gasteiger charge is 2.18. The van der Waals surface area contributed by atoms with E-state index in [1.807, 2.05) is 60.7 Å². The van der Waals surface area contributed by atoms with Crippen LogP contribution in [0.3, 0.4) is 0 Å². The van der Waals surface area contributed by atoms with Crippen molar-refractivity contribution < 1.29 is 10.2 Å². The minimum atomic E-state index is -0.837. The van der Waals surface area contributed by atoms with Crippen molar-refractivity contribution in [2.24, 2.45) is 0 Å². The third kappa shape index (κ3) is 3.16. The zero-order valence-electron chi connectivity index (χ0n) is 9.53. The first-order valence-electron chi connectivity index (χ1n) is 5.72. The third-order valence-corrected chi connectivity index (χ3v) is 2.79. The standard InChI is InChI=1S/C15H16O2/c16-14(11-12-7-3-1-4-8-12)15(17)13-9-5-2-6-10-13/h1-10,14-17H,11H2/t14-,15-/m0/s1. The molecule has 0 amide bonds. The fourth-order valence-corrected chi connectivity index (χ4v) is 1.84. The zero-order chi connectivity index (χ0) is 12.1. The van der Waals surface area contributed by atoms with Gasteiger partial charge in [-0.25, -0.2) is 0 Å². The van der Waals surface area contributed by atoms with Crippen molar-refractivity contribution in [2.45, 2.75) is 18.6 Å². The second kappa shape index (κ2) is 5.62. The summed E-state index contributed by atoms with van der Waals surface area (Å²) in [6.07, 6.45) is -1.16. The van der Waals surface area contributed by atoms with Gasteiger partial charge in [0.05, 0.1) is 6.10 Å². The second-order valence-corrected chi connectivity index (χ2v) is 4.11. The SMILES string of the molecule is O[C@@H](Cc1ccccc1)[C@@H](O)c1ccccc1. The topological polar surface area (TPSA) is 40.5 Å². The summed E-state index contributed by atoms with van der Waals surface area (Å²) in [6, 6.07) is 18.9. The Morgan fingerprint density at radius 2 is 1.29 bits per heavy atom. The summed E-state index contributed by atoms with van der Waals surface area (Å²) in [5.41, 5.74) is 1.77. The molecule has 0 aromatic heterocycles.